The fourth-order valence-corrected chi connectivity index (χ4v) is 2.15. The van der Waals surface area contributed by atoms with Gasteiger partial charge in [0.15, 0.2) is 0 Å². The average Bonchev–Trinajstić information content (AvgIpc) is 2.39. The molecule has 2 aromatic carbocycles. The highest BCUT2D eigenvalue weighted by Crippen LogP contribution is 2.23. The summed E-state index contributed by atoms with van der Waals surface area (Å²) >= 11 is 11.7. The zero-order valence-corrected chi connectivity index (χ0v) is 11.7. The minimum atomic E-state index is -0.384. The third-order valence-electron chi connectivity index (χ3n) is 2.55. The van der Waals surface area contributed by atoms with E-state index in [2.05, 4.69) is 5.32 Å². The predicted octanol–water partition coefficient (Wildman–Crippen LogP) is 3.70. The number of hydrogen-bond acceptors (Lipinski definition) is 3. The number of hydrogen-bond donors (Lipinski definition) is 2. The molecule has 2 aromatic rings. The fourth-order valence-electron chi connectivity index (χ4n) is 1.63. The van der Waals surface area contributed by atoms with E-state index >= 15 is 0 Å². The van der Waals surface area contributed by atoms with Gasteiger partial charge in [-0.15, -0.1) is 0 Å². The summed E-state index contributed by atoms with van der Waals surface area (Å²) in [5, 5.41) is 12.1. The molecule has 0 aliphatic carbocycles. The second-order valence-corrected chi connectivity index (χ2v) is 4.90. The Hall–Kier alpha value is -2.22. The molecule has 0 saturated heterocycles. The lowest BCUT2D eigenvalue weighted by molar-refractivity contribution is 0.102. The number of carbonyl (C=O) groups excluding carboxylic acids is 1. The van der Waals surface area contributed by atoms with Gasteiger partial charge >= 0.3 is 0 Å². The Morgan fingerprint density at radius 2 is 1.80 bits per heavy atom. The molecular weight excluding hydrogens is 297 g/mol. The molecule has 0 saturated carbocycles. The van der Waals surface area contributed by atoms with Crippen LogP contribution in [0.2, 0.25) is 10.0 Å². The van der Waals surface area contributed by atoms with Crippen LogP contribution in [-0.4, -0.2) is 5.91 Å². The number of benzene rings is 2. The van der Waals surface area contributed by atoms with Crippen molar-refractivity contribution in [3.05, 3.63) is 57.6 Å². The lowest BCUT2D eigenvalue weighted by atomic mass is 10.1. The quantitative estimate of drug-likeness (QED) is 0.830. The number of amides is 1. The number of carbonyl (C=O) groups is 1. The molecule has 6 heteroatoms. The van der Waals surface area contributed by atoms with Crippen molar-refractivity contribution in [2.24, 2.45) is 0 Å². The predicted molar refractivity (Wildman–Crippen MR) is 80.0 cm³/mol. The molecule has 0 aromatic heterocycles. The van der Waals surface area contributed by atoms with Gasteiger partial charge in [-0.25, -0.2) is 0 Å². The number of nitrogens with two attached hydrogens (primary N) is 1. The number of rotatable bonds is 2. The number of nitriles is 1. The van der Waals surface area contributed by atoms with Gasteiger partial charge in [0.1, 0.15) is 0 Å². The summed E-state index contributed by atoms with van der Waals surface area (Å²) in [4.78, 5) is 12.1. The van der Waals surface area contributed by atoms with Gasteiger partial charge in [0, 0.05) is 15.6 Å². The van der Waals surface area contributed by atoms with E-state index in [1.165, 1.54) is 24.3 Å². The van der Waals surface area contributed by atoms with Gasteiger partial charge in [-0.3, -0.25) is 4.79 Å². The van der Waals surface area contributed by atoms with Crippen LogP contribution < -0.4 is 11.1 Å². The summed E-state index contributed by atoms with van der Waals surface area (Å²) in [5.74, 6) is -0.384. The molecule has 20 heavy (non-hydrogen) atoms. The van der Waals surface area contributed by atoms with Crippen molar-refractivity contribution in [3.8, 4) is 6.07 Å². The van der Waals surface area contributed by atoms with E-state index < -0.39 is 0 Å². The van der Waals surface area contributed by atoms with Gasteiger partial charge in [0.2, 0.25) is 0 Å². The number of nitrogens with one attached hydrogen (secondary N) is 1. The molecule has 0 bridgehead atoms. The van der Waals surface area contributed by atoms with Crippen molar-refractivity contribution in [1.29, 1.82) is 5.26 Å². The Balaban J connectivity index is 2.26. The van der Waals surface area contributed by atoms with Crippen molar-refractivity contribution >= 4 is 40.5 Å². The number of nitrogen functional groups attached to an aromatic ring is 1. The van der Waals surface area contributed by atoms with Crippen LogP contribution in [0.4, 0.5) is 11.4 Å². The molecule has 2 rings (SSSR count). The minimum Gasteiger partial charge on any atom is -0.397 e. The first kappa shape index (κ1) is 14.2. The van der Waals surface area contributed by atoms with Crippen molar-refractivity contribution in [2.45, 2.75) is 0 Å². The smallest absolute Gasteiger partial charge is 0.255 e. The number of anilines is 2. The third kappa shape index (κ3) is 3.21. The average molecular weight is 306 g/mol. The fraction of sp³-hybridized carbons (Fsp3) is 0. The molecule has 0 aliphatic rings. The molecule has 4 nitrogen and oxygen atoms in total. The molecule has 0 fully saturated rings. The largest absolute Gasteiger partial charge is 0.397 e. The highest BCUT2D eigenvalue weighted by atomic mass is 35.5. The first-order chi connectivity index (χ1) is 9.49. The van der Waals surface area contributed by atoms with E-state index in [0.29, 0.717) is 32.5 Å². The van der Waals surface area contributed by atoms with Crippen LogP contribution >= 0.6 is 23.2 Å². The maximum absolute atomic E-state index is 12.1. The first-order valence-corrected chi connectivity index (χ1v) is 6.32. The van der Waals surface area contributed by atoms with Crippen LogP contribution in [0.3, 0.4) is 0 Å². The molecule has 0 radical (unpaired) electrons. The standard InChI is InChI=1S/C14H9Cl2N3O/c15-10-4-9(5-11(16)6-10)14(20)19-13-2-1-8(7-17)3-12(13)18/h1-6H,18H2,(H,19,20). The van der Waals surface area contributed by atoms with Gasteiger partial charge in [-0.1, -0.05) is 23.2 Å². The summed E-state index contributed by atoms with van der Waals surface area (Å²) < 4.78 is 0. The molecule has 100 valence electrons. The third-order valence-corrected chi connectivity index (χ3v) is 2.99. The second-order valence-electron chi connectivity index (χ2n) is 4.03. The van der Waals surface area contributed by atoms with Crippen LogP contribution in [0, 0.1) is 11.3 Å². The summed E-state index contributed by atoms with van der Waals surface area (Å²) in [6.45, 7) is 0. The lowest BCUT2D eigenvalue weighted by Crippen LogP contribution is -2.13. The van der Waals surface area contributed by atoms with Gasteiger partial charge in [-0.2, -0.15) is 5.26 Å². The Kier molecular flexibility index (Phi) is 4.14. The molecular formula is C14H9Cl2N3O. The Bertz CT molecular complexity index is 703. The second kappa shape index (κ2) is 5.83. The van der Waals surface area contributed by atoms with E-state index in [-0.39, 0.29) is 5.91 Å². The summed E-state index contributed by atoms with van der Waals surface area (Å²) in [6.07, 6.45) is 0. The van der Waals surface area contributed by atoms with E-state index in [1.807, 2.05) is 6.07 Å². The van der Waals surface area contributed by atoms with E-state index in [0.717, 1.165) is 0 Å². The van der Waals surface area contributed by atoms with Gasteiger partial charge < -0.3 is 11.1 Å². The summed E-state index contributed by atoms with van der Waals surface area (Å²) in [7, 11) is 0. The zero-order chi connectivity index (χ0) is 14.7. The summed E-state index contributed by atoms with van der Waals surface area (Å²) in [6, 6.07) is 11.1. The highest BCUT2D eigenvalue weighted by Gasteiger charge is 2.10. The van der Waals surface area contributed by atoms with Crippen LogP contribution in [0.5, 0.6) is 0 Å². The van der Waals surface area contributed by atoms with Crippen molar-refractivity contribution in [1.82, 2.24) is 0 Å². The van der Waals surface area contributed by atoms with Gasteiger partial charge in [0.25, 0.3) is 5.91 Å². The van der Waals surface area contributed by atoms with E-state index in [9.17, 15) is 4.79 Å². The molecule has 0 atom stereocenters. The van der Waals surface area contributed by atoms with Crippen LogP contribution in [-0.2, 0) is 0 Å². The van der Waals surface area contributed by atoms with Crippen LogP contribution in [0.25, 0.3) is 0 Å². The Labute approximate surface area is 125 Å². The van der Waals surface area contributed by atoms with Crippen LogP contribution in [0.15, 0.2) is 36.4 Å². The van der Waals surface area contributed by atoms with E-state index in [4.69, 9.17) is 34.2 Å². The Morgan fingerprint density at radius 1 is 1.15 bits per heavy atom. The SMILES string of the molecule is N#Cc1ccc(NC(=O)c2cc(Cl)cc(Cl)c2)c(N)c1. The molecule has 0 heterocycles. The van der Waals surface area contributed by atoms with Crippen molar-refractivity contribution in [2.75, 3.05) is 11.1 Å². The van der Waals surface area contributed by atoms with Gasteiger partial charge in [0.05, 0.1) is 23.0 Å². The molecule has 3 N–H and O–H groups in total. The lowest BCUT2D eigenvalue weighted by Gasteiger charge is -2.09. The monoisotopic (exact) mass is 305 g/mol. The molecule has 0 unspecified atom stereocenters. The van der Waals surface area contributed by atoms with Crippen LogP contribution in [0.1, 0.15) is 15.9 Å². The molecule has 0 spiro atoms. The first-order valence-electron chi connectivity index (χ1n) is 5.56. The van der Waals surface area contributed by atoms with Crippen molar-refractivity contribution in [3.63, 3.8) is 0 Å². The number of halogens is 2. The Morgan fingerprint density at radius 3 is 2.35 bits per heavy atom. The highest BCUT2D eigenvalue weighted by molar-refractivity contribution is 6.35. The molecule has 1 amide bonds. The van der Waals surface area contributed by atoms with Crippen molar-refractivity contribution < 1.29 is 4.79 Å². The molecule has 0 aliphatic heterocycles. The maximum Gasteiger partial charge on any atom is 0.255 e. The van der Waals surface area contributed by atoms with E-state index in [1.54, 1.807) is 12.1 Å². The zero-order valence-electron chi connectivity index (χ0n) is 10.2. The summed E-state index contributed by atoms with van der Waals surface area (Å²) in [5.41, 5.74) is 7.24. The maximum atomic E-state index is 12.1. The minimum absolute atomic E-state index is 0.311. The topological polar surface area (TPSA) is 78.9 Å². The number of nitrogens with zero attached hydrogens (tertiary/aromatic N) is 1. The normalized spacial score (nSPS) is 9.85. The van der Waals surface area contributed by atoms with Gasteiger partial charge in [-0.05, 0) is 36.4 Å².